The molecule has 0 unspecified atom stereocenters. The summed E-state index contributed by atoms with van der Waals surface area (Å²) >= 11 is 3.79. The fourth-order valence-corrected chi connectivity index (χ4v) is 13.0. The van der Waals surface area contributed by atoms with Crippen LogP contribution in [0.2, 0.25) is 5.04 Å². The van der Waals surface area contributed by atoms with Gasteiger partial charge in [0.15, 0.2) is 0 Å². The Labute approximate surface area is 332 Å². The molecule has 0 fully saturated rings. The zero-order valence-electron chi connectivity index (χ0n) is 31.1. The molecule has 0 aliphatic rings. The van der Waals surface area contributed by atoms with Crippen molar-refractivity contribution in [1.29, 1.82) is 0 Å². The number of rotatable bonds is 11. The van der Waals surface area contributed by atoms with Crippen molar-refractivity contribution in [2.75, 3.05) is 0 Å². The van der Waals surface area contributed by atoms with E-state index in [2.05, 4.69) is 216 Å². The first kappa shape index (κ1) is 36.3. The summed E-state index contributed by atoms with van der Waals surface area (Å²) in [5.41, 5.74) is 5.20. The first-order valence-electron chi connectivity index (χ1n) is 18.5. The van der Waals surface area contributed by atoms with Gasteiger partial charge in [-0.15, -0.1) is 5.10 Å². The summed E-state index contributed by atoms with van der Waals surface area (Å²) < 4.78 is 12.3. The maximum Gasteiger partial charge on any atom is 0.261 e. The number of benzene rings is 6. The van der Waals surface area contributed by atoms with Gasteiger partial charge in [0.1, 0.15) is 5.54 Å². The molecule has 0 spiro atoms. The Hall–Kier alpha value is -5.67. The maximum absolute atomic E-state index is 7.26. The molecule has 55 heavy (non-hydrogen) atoms. The molecule has 6 nitrogen and oxygen atoms in total. The van der Waals surface area contributed by atoms with Crippen LogP contribution in [0, 0.1) is 0 Å². The molecule has 8 rings (SSSR count). The van der Waals surface area contributed by atoms with E-state index in [0.29, 0.717) is 12.4 Å². The lowest BCUT2D eigenvalue weighted by atomic mass is 9.77. The van der Waals surface area contributed by atoms with E-state index < -0.39 is 13.9 Å². The first-order chi connectivity index (χ1) is 26.8. The summed E-state index contributed by atoms with van der Waals surface area (Å²) in [7, 11) is -2.70. The smallest absolute Gasteiger partial charge is 0.261 e. The number of hydrogen-bond donors (Lipinski definition) is 0. The van der Waals surface area contributed by atoms with Crippen LogP contribution in [0.5, 0.6) is 0 Å². The lowest BCUT2D eigenvalue weighted by Gasteiger charge is -2.43. The van der Waals surface area contributed by atoms with Gasteiger partial charge < -0.3 is 8.99 Å². The van der Waals surface area contributed by atoms with Gasteiger partial charge >= 0.3 is 0 Å². The van der Waals surface area contributed by atoms with Crippen molar-refractivity contribution in [2.45, 2.75) is 38.0 Å². The quantitative estimate of drug-likeness (QED) is 0.0966. The highest BCUT2D eigenvalue weighted by atomic mass is 79.9. The van der Waals surface area contributed by atoms with Gasteiger partial charge in [-0.05, 0) is 82.2 Å². The minimum absolute atomic E-state index is 0.111. The number of nitrogens with zero attached hydrogens (tertiary/aromatic N) is 5. The lowest BCUT2D eigenvalue weighted by Crippen LogP contribution is -2.66. The van der Waals surface area contributed by atoms with Crippen LogP contribution in [0.4, 0.5) is 0 Å². The van der Waals surface area contributed by atoms with Crippen molar-refractivity contribution in [2.24, 2.45) is 0 Å². The summed E-state index contributed by atoms with van der Waals surface area (Å²) in [4.78, 5) is 0. The Morgan fingerprint density at radius 2 is 1.05 bits per heavy atom. The molecule has 0 amide bonds. The van der Waals surface area contributed by atoms with Crippen molar-refractivity contribution in [1.82, 2.24) is 24.8 Å². The van der Waals surface area contributed by atoms with Gasteiger partial charge in [0.05, 0.1) is 12.3 Å². The molecule has 0 aliphatic heterocycles. The highest BCUT2D eigenvalue weighted by Crippen LogP contribution is 2.43. The third-order valence-corrected chi connectivity index (χ3v) is 15.9. The Kier molecular flexibility index (Phi) is 10.0. The molecule has 6 aromatic carbocycles. The lowest BCUT2D eigenvalue weighted by molar-refractivity contribution is 0.286. The fourth-order valence-electron chi connectivity index (χ4n) is 8.00. The van der Waals surface area contributed by atoms with Crippen LogP contribution in [-0.4, -0.2) is 33.1 Å². The maximum atomic E-state index is 7.26. The Morgan fingerprint density at radius 1 is 0.600 bits per heavy atom. The standard InChI is InChI=1S/C47H42BrN5OSi/c1-46(2,3)55(42-25-15-7-16-26-42,43-27-17-8-18-28-43)54-35-36-29-31-41(32-30-36)52-34-40(48)33-44(52)45-49-50-51-53(45)47(37-19-9-4-10-20-37,38-21-11-5-12-22-38)39-23-13-6-14-24-39/h4-34H,35H2,1-3H3. The number of tetrazole rings is 1. The van der Waals surface area contributed by atoms with E-state index in [4.69, 9.17) is 14.7 Å². The average molecular weight is 801 g/mol. The molecule has 0 atom stereocenters. The third kappa shape index (κ3) is 6.60. The normalized spacial score (nSPS) is 12.1. The van der Waals surface area contributed by atoms with Crippen LogP contribution in [0.15, 0.2) is 193 Å². The van der Waals surface area contributed by atoms with Crippen LogP contribution in [-0.2, 0) is 16.6 Å². The predicted octanol–water partition coefficient (Wildman–Crippen LogP) is 9.81. The molecule has 0 aliphatic carbocycles. The first-order valence-corrected chi connectivity index (χ1v) is 21.2. The molecule has 0 radical (unpaired) electrons. The van der Waals surface area contributed by atoms with Crippen LogP contribution >= 0.6 is 15.9 Å². The zero-order valence-corrected chi connectivity index (χ0v) is 33.7. The summed E-state index contributed by atoms with van der Waals surface area (Å²) in [5.74, 6) is 0.626. The molecule has 8 heteroatoms. The van der Waals surface area contributed by atoms with Crippen LogP contribution in [0.1, 0.15) is 43.0 Å². The van der Waals surface area contributed by atoms with Gasteiger partial charge in [-0.25, -0.2) is 4.68 Å². The van der Waals surface area contributed by atoms with E-state index >= 15 is 0 Å². The molecule has 0 saturated heterocycles. The molecule has 272 valence electrons. The summed E-state index contributed by atoms with van der Waals surface area (Å²) in [6.07, 6.45) is 2.07. The Balaban J connectivity index is 1.20. The second kappa shape index (κ2) is 15.2. The molecule has 2 heterocycles. The second-order valence-electron chi connectivity index (χ2n) is 14.8. The summed E-state index contributed by atoms with van der Waals surface area (Å²) in [6, 6.07) is 63.7. The monoisotopic (exact) mass is 799 g/mol. The SMILES string of the molecule is CC(C)(C)[Si](OCc1ccc(-n2cc(Br)cc2-c2nnnn2C(c2ccccc2)(c2ccccc2)c2ccccc2)cc1)(c1ccccc1)c1ccccc1. The third-order valence-electron chi connectivity index (χ3n) is 10.5. The minimum atomic E-state index is -2.70. The van der Waals surface area contributed by atoms with Crippen molar-refractivity contribution in [3.8, 4) is 17.2 Å². The molecule has 2 aromatic heterocycles. The largest absolute Gasteiger partial charge is 0.403 e. The van der Waals surface area contributed by atoms with Gasteiger partial charge in [-0.2, -0.15) is 0 Å². The van der Waals surface area contributed by atoms with Crippen molar-refractivity contribution in [3.63, 3.8) is 0 Å². The zero-order chi connectivity index (χ0) is 37.9. The number of halogens is 1. The van der Waals surface area contributed by atoms with E-state index in [9.17, 15) is 0 Å². The fraction of sp³-hybridized carbons (Fsp3) is 0.128. The van der Waals surface area contributed by atoms with Crippen molar-refractivity contribution in [3.05, 3.63) is 215 Å². The van der Waals surface area contributed by atoms with Gasteiger partial charge in [0.25, 0.3) is 8.32 Å². The van der Waals surface area contributed by atoms with Crippen LogP contribution < -0.4 is 10.4 Å². The minimum Gasteiger partial charge on any atom is -0.403 e. The van der Waals surface area contributed by atoms with Crippen LogP contribution in [0.25, 0.3) is 17.2 Å². The van der Waals surface area contributed by atoms with Gasteiger partial charge in [0.2, 0.25) is 5.82 Å². The predicted molar refractivity (Wildman–Crippen MR) is 227 cm³/mol. The Morgan fingerprint density at radius 3 is 1.51 bits per heavy atom. The molecule has 0 saturated carbocycles. The van der Waals surface area contributed by atoms with Gasteiger partial charge in [-0.1, -0.05) is 185 Å². The second-order valence-corrected chi connectivity index (χ2v) is 20.0. The summed E-state index contributed by atoms with van der Waals surface area (Å²) in [5, 5.41) is 16.3. The van der Waals surface area contributed by atoms with E-state index in [1.807, 2.05) is 22.9 Å². The topological polar surface area (TPSA) is 57.8 Å². The molecule has 0 bridgehead atoms. The van der Waals surface area contributed by atoms with E-state index in [0.717, 1.165) is 38.1 Å². The average Bonchev–Trinajstić information content (AvgIpc) is 3.87. The van der Waals surface area contributed by atoms with Crippen molar-refractivity contribution >= 4 is 34.6 Å². The van der Waals surface area contributed by atoms with E-state index in [1.54, 1.807) is 0 Å². The van der Waals surface area contributed by atoms with Crippen molar-refractivity contribution < 1.29 is 4.43 Å². The van der Waals surface area contributed by atoms with Gasteiger partial charge in [0, 0.05) is 16.4 Å². The molecule has 8 aromatic rings. The highest BCUT2D eigenvalue weighted by molar-refractivity contribution is 9.10. The molecular weight excluding hydrogens is 759 g/mol. The van der Waals surface area contributed by atoms with Crippen LogP contribution in [0.3, 0.4) is 0 Å². The highest BCUT2D eigenvalue weighted by Gasteiger charge is 2.50. The molecular formula is C47H42BrN5OSi. The number of hydrogen-bond acceptors (Lipinski definition) is 4. The molecule has 0 N–H and O–H groups in total. The number of aromatic nitrogens is 5. The van der Waals surface area contributed by atoms with Gasteiger partial charge in [-0.3, -0.25) is 0 Å². The summed E-state index contributed by atoms with van der Waals surface area (Å²) in [6.45, 7) is 7.41. The van der Waals surface area contributed by atoms with E-state index in [-0.39, 0.29) is 5.04 Å². The van der Waals surface area contributed by atoms with E-state index in [1.165, 1.54) is 10.4 Å². The Bertz CT molecular complexity index is 2330.